The van der Waals surface area contributed by atoms with Crippen molar-refractivity contribution in [2.24, 2.45) is 11.7 Å². The number of hydrogen-bond acceptors (Lipinski definition) is 3. The van der Waals surface area contributed by atoms with Crippen molar-refractivity contribution >= 4 is 11.6 Å². The number of nitrogens with two attached hydrogens (primary N) is 1. The Kier molecular flexibility index (Phi) is 5.16. The summed E-state index contributed by atoms with van der Waals surface area (Å²) in [5, 5.41) is 3.00. The van der Waals surface area contributed by atoms with Gasteiger partial charge in [0.25, 0.3) is 0 Å². The molecule has 2 aromatic carbocycles. The van der Waals surface area contributed by atoms with Gasteiger partial charge < -0.3 is 15.8 Å². The summed E-state index contributed by atoms with van der Waals surface area (Å²) in [7, 11) is 0. The maximum Gasteiger partial charge on any atom is 0.224 e. The number of aryl methyl sites for hydroxylation is 1. The second-order valence-corrected chi connectivity index (χ2v) is 6.52. The first kappa shape index (κ1) is 16.5. The molecule has 3 N–H and O–H groups in total. The summed E-state index contributed by atoms with van der Waals surface area (Å²) in [5.41, 5.74) is 7.85. The molecule has 2 atom stereocenters. The van der Waals surface area contributed by atoms with Crippen LogP contribution in [0.3, 0.4) is 0 Å². The van der Waals surface area contributed by atoms with Gasteiger partial charge in [-0.2, -0.15) is 0 Å². The van der Waals surface area contributed by atoms with E-state index in [1.54, 1.807) is 0 Å². The number of rotatable bonds is 5. The minimum Gasteiger partial charge on any atom is -0.455 e. The van der Waals surface area contributed by atoms with Gasteiger partial charge in [-0.3, -0.25) is 4.79 Å². The first-order chi connectivity index (χ1) is 11.6. The highest BCUT2D eigenvalue weighted by atomic mass is 16.5. The molecule has 0 bridgehead atoms. The molecule has 4 nitrogen and oxygen atoms in total. The van der Waals surface area contributed by atoms with Crippen molar-refractivity contribution < 1.29 is 9.53 Å². The summed E-state index contributed by atoms with van der Waals surface area (Å²) < 4.78 is 5.92. The van der Waals surface area contributed by atoms with Crippen LogP contribution in [0.25, 0.3) is 0 Å². The molecule has 1 aliphatic rings. The third-order valence-electron chi connectivity index (χ3n) is 4.55. The van der Waals surface area contributed by atoms with Crippen LogP contribution in [0.1, 0.15) is 31.2 Å². The van der Waals surface area contributed by atoms with Crippen molar-refractivity contribution in [2.75, 3.05) is 5.32 Å². The lowest BCUT2D eigenvalue weighted by Gasteiger charge is -2.17. The number of anilines is 1. The topological polar surface area (TPSA) is 64.3 Å². The van der Waals surface area contributed by atoms with Crippen LogP contribution in [0.2, 0.25) is 0 Å². The molecule has 0 heterocycles. The average Bonchev–Trinajstić information content (AvgIpc) is 2.96. The van der Waals surface area contributed by atoms with Gasteiger partial charge in [0.05, 0.1) is 5.69 Å². The van der Waals surface area contributed by atoms with Crippen LogP contribution in [-0.4, -0.2) is 11.9 Å². The lowest BCUT2D eigenvalue weighted by atomic mass is 10.00. The highest BCUT2D eigenvalue weighted by Gasteiger charge is 2.26. The molecule has 3 rings (SSSR count). The Morgan fingerprint density at radius 3 is 2.71 bits per heavy atom. The van der Waals surface area contributed by atoms with Gasteiger partial charge in [-0.05, 0) is 55.5 Å². The van der Waals surface area contributed by atoms with Crippen LogP contribution in [0.4, 0.5) is 5.69 Å². The predicted octanol–water partition coefficient (Wildman–Crippen LogP) is 4.24. The molecule has 1 aliphatic carbocycles. The number of nitrogens with one attached hydrogen (secondary N) is 1. The molecule has 1 fully saturated rings. The lowest BCUT2D eigenvalue weighted by molar-refractivity contribution is -0.117. The van der Waals surface area contributed by atoms with Gasteiger partial charge in [-0.15, -0.1) is 0 Å². The average molecular weight is 324 g/mol. The Balaban J connectivity index is 1.72. The zero-order valence-corrected chi connectivity index (χ0v) is 14.0. The Bertz CT molecular complexity index is 700. The molecule has 0 aliphatic heterocycles. The maximum absolute atomic E-state index is 12.4. The molecule has 0 spiro atoms. The minimum absolute atomic E-state index is 0.000798. The normalized spacial score (nSPS) is 19.9. The maximum atomic E-state index is 12.4. The van der Waals surface area contributed by atoms with Crippen molar-refractivity contribution in [3.05, 3.63) is 54.1 Å². The Morgan fingerprint density at radius 2 is 2.00 bits per heavy atom. The van der Waals surface area contributed by atoms with Gasteiger partial charge in [0.15, 0.2) is 5.75 Å². The minimum atomic E-state index is 0.000798. The number of hydrogen-bond donors (Lipinski definition) is 2. The van der Waals surface area contributed by atoms with E-state index in [2.05, 4.69) is 5.32 Å². The van der Waals surface area contributed by atoms with Gasteiger partial charge in [-0.25, -0.2) is 0 Å². The number of benzene rings is 2. The van der Waals surface area contributed by atoms with Gasteiger partial charge in [0.2, 0.25) is 5.91 Å². The zero-order chi connectivity index (χ0) is 16.9. The molecular formula is C20H24N2O2. The fraction of sp³-hybridized carbons (Fsp3) is 0.350. The second-order valence-electron chi connectivity index (χ2n) is 6.52. The molecular weight excluding hydrogens is 300 g/mol. The Hall–Kier alpha value is -2.33. The monoisotopic (exact) mass is 324 g/mol. The quantitative estimate of drug-likeness (QED) is 0.864. The van der Waals surface area contributed by atoms with Crippen LogP contribution in [0.15, 0.2) is 48.5 Å². The number of para-hydroxylation sites is 1. The van der Waals surface area contributed by atoms with E-state index in [1.165, 1.54) is 0 Å². The van der Waals surface area contributed by atoms with Crippen molar-refractivity contribution in [3.8, 4) is 11.5 Å². The number of ether oxygens (including phenoxy) is 1. The van der Waals surface area contributed by atoms with E-state index in [-0.39, 0.29) is 17.9 Å². The lowest BCUT2D eigenvalue weighted by Crippen LogP contribution is -2.28. The summed E-state index contributed by atoms with van der Waals surface area (Å²) in [5.74, 6) is 1.68. The molecule has 1 saturated carbocycles. The molecule has 24 heavy (non-hydrogen) atoms. The summed E-state index contributed by atoms with van der Waals surface area (Å²) in [6.45, 7) is 1.99. The zero-order valence-electron chi connectivity index (χ0n) is 14.0. The SMILES string of the molecule is Cc1ccc(Oc2ccccc2)c(NC(=O)C[C@@H]2CCC[C@H]2N)c1. The third-order valence-corrected chi connectivity index (χ3v) is 4.55. The Labute approximate surface area is 143 Å². The summed E-state index contributed by atoms with van der Waals surface area (Å²) in [4.78, 5) is 12.4. The standard InChI is InChI=1S/C20H24N2O2/c1-14-10-11-19(24-16-7-3-2-4-8-16)18(12-14)22-20(23)13-15-6-5-9-17(15)21/h2-4,7-8,10-12,15,17H,5-6,9,13,21H2,1H3,(H,22,23)/t15-,17+/m0/s1. The third kappa shape index (κ3) is 4.15. The van der Waals surface area contributed by atoms with Crippen molar-refractivity contribution in [1.82, 2.24) is 0 Å². The van der Waals surface area contributed by atoms with Gasteiger partial charge in [-0.1, -0.05) is 30.7 Å². The van der Waals surface area contributed by atoms with Crippen molar-refractivity contribution in [2.45, 2.75) is 38.6 Å². The molecule has 0 aromatic heterocycles. The van der Waals surface area contributed by atoms with E-state index in [0.717, 1.165) is 30.6 Å². The first-order valence-electron chi connectivity index (χ1n) is 8.51. The van der Waals surface area contributed by atoms with Crippen LogP contribution in [-0.2, 0) is 4.79 Å². The number of carbonyl (C=O) groups is 1. The highest BCUT2D eigenvalue weighted by molar-refractivity contribution is 5.92. The largest absolute Gasteiger partial charge is 0.455 e. The van der Waals surface area contributed by atoms with Crippen LogP contribution < -0.4 is 15.8 Å². The fourth-order valence-corrected chi connectivity index (χ4v) is 3.20. The summed E-state index contributed by atoms with van der Waals surface area (Å²) in [6.07, 6.45) is 3.65. The second kappa shape index (κ2) is 7.49. The molecule has 0 radical (unpaired) electrons. The van der Waals surface area contributed by atoms with E-state index >= 15 is 0 Å². The van der Waals surface area contributed by atoms with E-state index in [9.17, 15) is 4.79 Å². The van der Waals surface area contributed by atoms with Gasteiger partial charge in [0.1, 0.15) is 5.75 Å². The van der Waals surface area contributed by atoms with E-state index in [0.29, 0.717) is 17.9 Å². The number of amides is 1. The van der Waals surface area contributed by atoms with Crippen LogP contribution in [0, 0.1) is 12.8 Å². The molecule has 0 saturated heterocycles. The summed E-state index contributed by atoms with van der Waals surface area (Å²) >= 11 is 0. The summed E-state index contributed by atoms with van der Waals surface area (Å²) in [6, 6.07) is 15.5. The fourth-order valence-electron chi connectivity index (χ4n) is 3.20. The molecule has 4 heteroatoms. The van der Waals surface area contributed by atoms with Crippen molar-refractivity contribution in [1.29, 1.82) is 0 Å². The highest BCUT2D eigenvalue weighted by Crippen LogP contribution is 2.32. The number of carbonyl (C=O) groups excluding carboxylic acids is 1. The van der Waals surface area contributed by atoms with Gasteiger partial charge in [0, 0.05) is 12.5 Å². The van der Waals surface area contributed by atoms with E-state index in [1.807, 2.05) is 55.5 Å². The Morgan fingerprint density at radius 1 is 1.21 bits per heavy atom. The molecule has 0 unspecified atom stereocenters. The predicted molar refractivity (Wildman–Crippen MR) is 96.3 cm³/mol. The van der Waals surface area contributed by atoms with Gasteiger partial charge >= 0.3 is 0 Å². The van der Waals surface area contributed by atoms with Crippen molar-refractivity contribution in [3.63, 3.8) is 0 Å². The first-order valence-corrected chi connectivity index (χ1v) is 8.51. The van der Waals surface area contributed by atoms with Crippen LogP contribution >= 0.6 is 0 Å². The smallest absolute Gasteiger partial charge is 0.224 e. The molecule has 1 amide bonds. The van der Waals surface area contributed by atoms with E-state index < -0.39 is 0 Å². The molecule has 126 valence electrons. The van der Waals surface area contributed by atoms with Crippen LogP contribution in [0.5, 0.6) is 11.5 Å². The molecule has 2 aromatic rings. The van der Waals surface area contributed by atoms with E-state index in [4.69, 9.17) is 10.5 Å².